The van der Waals surface area contributed by atoms with Crippen molar-refractivity contribution in [2.75, 3.05) is 12.3 Å². The van der Waals surface area contributed by atoms with E-state index in [4.69, 9.17) is 10.5 Å². The summed E-state index contributed by atoms with van der Waals surface area (Å²) in [4.78, 5) is 3.83. The van der Waals surface area contributed by atoms with E-state index in [2.05, 4.69) is 10.1 Å². The first kappa shape index (κ1) is 13.7. The lowest BCUT2D eigenvalue weighted by atomic mass is 9.92. The Balaban J connectivity index is 2.20. The van der Waals surface area contributed by atoms with Gasteiger partial charge in [0, 0.05) is 0 Å². The fraction of sp³-hybridized carbons (Fsp3) is 0.417. The Kier molecular flexibility index (Phi) is 3.03. The van der Waals surface area contributed by atoms with Crippen molar-refractivity contribution in [2.24, 2.45) is 0 Å². The molecule has 5 N–H and O–H groups in total. The summed E-state index contributed by atoms with van der Waals surface area (Å²) in [6.07, 6.45) is -2.78. The topological polar surface area (TPSA) is 150 Å². The van der Waals surface area contributed by atoms with Gasteiger partial charge in [-0.15, -0.1) is 0 Å². The van der Waals surface area contributed by atoms with E-state index in [0.717, 1.165) is 0 Å². The molecule has 2 aromatic heterocycles. The maximum atomic E-state index is 10.2. The summed E-state index contributed by atoms with van der Waals surface area (Å²) in [7, 11) is 0. The van der Waals surface area contributed by atoms with Crippen molar-refractivity contribution >= 4 is 11.3 Å². The lowest BCUT2D eigenvalue weighted by molar-refractivity contribution is -0.0643. The predicted octanol–water partition coefficient (Wildman–Crippen LogP) is -1.86. The molecule has 0 amide bonds. The molecule has 1 fully saturated rings. The minimum absolute atomic E-state index is 0.205. The fourth-order valence-corrected chi connectivity index (χ4v) is 2.56. The summed E-state index contributed by atoms with van der Waals surface area (Å²) >= 11 is 0. The highest BCUT2D eigenvalue weighted by Gasteiger charge is 2.57. The van der Waals surface area contributed by atoms with Crippen molar-refractivity contribution in [3.63, 3.8) is 0 Å². The van der Waals surface area contributed by atoms with Gasteiger partial charge in [-0.3, -0.25) is 0 Å². The normalized spacial score (nSPS) is 32.4. The van der Waals surface area contributed by atoms with E-state index in [1.54, 1.807) is 6.07 Å². The number of fused-ring (bicyclic) bond motifs is 1. The third kappa shape index (κ3) is 1.71. The van der Waals surface area contributed by atoms with E-state index in [9.17, 15) is 20.6 Å². The second-order valence-corrected chi connectivity index (χ2v) is 4.78. The van der Waals surface area contributed by atoms with Crippen LogP contribution in [0, 0.1) is 11.3 Å². The Hall–Kier alpha value is -2.25. The Morgan fingerprint density at radius 1 is 1.48 bits per heavy atom. The summed E-state index contributed by atoms with van der Waals surface area (Å²) in [5, 5.41) is 42.8. The first-order chi connectivity index (χ1) is 10.0. The largest absolute Gasteiger partial charge is 0.394 e. The Bertz CT molecular complexity index is 726. The van der Waals surface area contributed by atoms with Crippen LogP contribution in [0.5, 0.6) is 0 Å². The van der Waals surface area contributed by atoms with Gasteiger partial charge in [-0.1, -0.05) is 0 Å². The van der Waals surface area contributed by atoms with Crippen molar-refractivity contribution < 1.29 is 20.1 Å². The molecule has 0 bridgehead atoms. The number of nitrogens with zero attached hydrogens (tertiary/aromatic N) is 4. The highest BCUT2D eigenvalue weighted by atomic mass is 16.6. The van der Waals surface area contributed by atoms with Gasteiger partial charge in [0.1, 0.15) is 36.2 Å². The fourth-order valence-electron chi connectivity index (χ4n) is 2.56. The van der Waals surface area contributed by atoms with E-state index in [-0.39, 0.29) is 11.5 Å². The Morgan fingerprint density at radius 3 is 2.86 bits per heavy atom. The molecule has 110 valence electrons. The first-order valence-electron chi connectivity index (χ1n) is 6.20. The van der Waals surface area contributed by atoms with Gasteiger partial charge in [-0.25, -0.2) is 9.50 Å². The minimum Gasteiger partial charge on any atom is -0.394 e. The van der Waals surface area contributed by atoms with Gasteiger partial charge in [-0.2, -0.15) is 10.4 Å². The average Bonchev–Trinajstić information content (AvgIpc) is 3.03. The first-order valence-corrected chi connectivity index (χ1v) is 6.20. The number of nitrogens with two attached hydrogens (primary N) is 1. The second-order valence-electron chi connectivity index (χ2n) is 4.78. The molecule has 3 heterocycles. The predicted molar refractivity (Wildman–Crippen MR) is 68.7 cm³/mol. The standard InChI is InChI=1S/C12H13N5O4/c13-4-12(10(20)9(19)7(3-18)21-12)8-2-1-6-11(14)15-5-16-17(6)8/h1-2,5,7,9-10,18-20H,3H2,(H2,14,15,16)/t7-,9+,10-,12-/m1/s1. The molecule has 4 atom stereocenters. The van der Waals surface area contributed by atoms with Crippen LogP contribution >= 0.6 is 0 Å². The quantitative estimate of drug-likeness (QED) is 0.503. The van der Waals surface area contributed by atoms with Crippen LogP contribution in [0.15, 0.2) is 18.5 Å². The number of hydrogen-bond acceptors (Lipinski definition) is 8. The van der Waals surface area contributed by atoms with Gasteiger partial charge >= 0.3 is 0 Å². The number of aliphatic hydroxyl groups is 3. The van der Waals surface area contributed by atoms with Gasteiger partial charge < -0.3 is 25.8 Å². The van der Waals surface area contributed by atoms with Crippen molar-refractivity contribution in [3.8, 4) is 6.07 Å². The second kappa shape index (κ2) is 4.64. The maximum Gasteiger partial charge on any atom is 0.225 e. The molecule has 0 unspecified atom stereocenters. The van der Waals surface area contributed by atoms with Crippen molar-refractivity contribution in [1.29, 1.82) is 5.26 Å². The number of nitrogen functional groups attached to an aromatic ring is 1. The molecule has 9 heteroatoms. The summed E-state index contributed by atoms with van der Waals surface area (Å²) in [6.45, 7) is -0.526. The molecule has 0 radical (unpaired) electrons. The van der Waals surface area contributed by atoms with Crippen LogP contribution in [0.3, 0.4) is 0 Å². The van der Waals surface area contributed by atoms with Crippen molar-refractivity contribution in [2.45, 2.75) is 23.9 Å². The van der Waals surface area contributed by atoms with Crippen LogP contribution in [0.1, 0.15) is 5.69 Å². The number of hydrogen-bond donors (Lipinski definition) is 4. The zero-order valence-corrected chi connectivity index (χ0v) is 10.8. The molecule has 2 aromatic rings. The molecular weight excluding hydrogens is 278 g/mol. The van der Waals surface area contributed by atoms with Crippen LogP contribution in [-0.4, -0.2) is 54.8 Å². The Morgan fingerprint density at radius 2 is 2.24 bits per heavy atom. The van der Waals surface area contributed by atoms with E-state index >= 15 is 0 Å². The average molecular weight is 291 g/mol. The van der Waals surface area contributed by atoms with Crippen molar-refractivity contribution in [1.82, 2.24) is 14.6 Å². The Labute approximate surface area is 118 Å². The van der Waals surface area contributed by atoms with Gasteiger partial charge in [-0.05, 0) is 12.1 Å². The van der Waals surface area contributed by atoms with Gasteiger partial charge in [0.25, 0.3) is 0 Å². The number of aromatic nitrogens is 3. The smallest absolute Gasteiger partial charge is 0.225 e. The summed E-state index contributed by atoms with van der Waals surface area (Å²) in [5.74, 6) is 0.205. The number of nitriles is 1. The van der Waals surface area contributed by atoms with Crippen LogP contribution < -0.4 is 5.73 Å². The SMILES string of the molecule is N#C[C@]1(c2ccc3c(N)ncnn23)O[C@H](CO)[C@H](O)[C@H]1O. The zero-order valence-electron chi connectivity index (χ0n) is 10.8. The molecule has 0 aromatic carbocycles. The van der Waals surface area contributed by atoms with Gasteiger partial charge in [0.15, 0.2) is 5.82 Å². The summed E-state index contributed by atoms with van der Waals surface area (Å²) in [5.41, 5.74) is 4.52. The highest BCUT2D eigenvalue weighted by Crippen LogP contribution is 2.40. The highest BCUT2D eigenvalue weighted by molar-refractivity contribution is 5.66. The molecule has 3 rings (SSSR count). The molecular formula is C12H13N5O4. The number of rotatable bonds is 2. The minimum atomic E-state index is -1.85. The van der Waals surface area contributed by atoms with E-state index in [1.165, 1.54) is 16.9 Å². The van der Waals surface area contributed by atoms with E-state index < -0.39 is 30.5 Å². The lowest BCUT2D eigenvalue weighted by Gasteiger charge is -2.24. The summed E-state index contributed by atoms with van der Waals surface area (Å²) < 4.78 is 6.75. The third-order valence-corrected chi connectivity index (χ3v) is 3.67. The number of ether oxygens (including phenoxy) is 1. The molecule has 1 aliphatic heterocycles. The lowest BCUT2D eigenvalue weighted by Crippen LogP contribution is -2.40. The molecule has 1 aliphatic rings. The van der Waals surface area contributed by atoms with Gasteiger partial charge in [0.05, 0.1) is 12.3 Å². The van der Waals surface area contributed by atoms with Crippen LogP contribution in [-0.2, 0) is 10.3 Å². The molecule has 0 spiro atoms. The van der Waals surface area contributed by atoms with Gasteiger partial charge in [0.2, 0.25) is 5.60 Å². The number of aliphatic hydroxyl groups excluding tert-OH is 3. The molecule has 0 aliphatic carbocycles. The van der Waals surface area contributed by atoms with Crippen molar-refractivity contribution in [3.05, 3.63) is 24.2 Å². The zero-order chi connectivity index (χ0) is 15.2. The molecule has 1 saturated heterocycles. The molecule has 21 heavy (non-hydrogen) atoms. The monoisotopic (exact) mass is 291 g/mol. The van der Waals surface area contributed by atoms with Crippen LogP contribution in [0.2, 0.25) is 0 Å². The van der Waals surface area contributed by atoms with E-state index in [0.29, 0.717) is 5.52 Å². The van der Waals surface area contributed by atoms with Crippen LogP contribution in [0.4, 0.5) is 5.82 Å². The molecule has 0 saturated carbocycles. The third-order valence-electron chi connectivity index (χ3n) is 3.67. The number of anilines is 1. The summed E-state index contributed by atoms with van der Waals surface area (Å²) in [6, 6.07) is 4.97. The maximum absolute atomic E-state index is 10.2. The van der Waals surface area contributed by atoms with Crippen LogP contribution in [0.25, 0.3) is 5.52 Å². The van der Waals surface area contributed by atoms with E-state index in [1.807, 2.05) is 6.07 Å². The molecule has 9 nitrogen and oxygen atoms in total.